The Morgan fingerprint density at radius 3 is 2.75 bits per heavy atom. The lowest BCUT2D eigenvalue weighted by Crippen LogP contribution is -2.42. The van der Waals surface area contributed by atoms with Gasteiger partial charge < -0.3 is 0 Å². The molecule has 0 aromatic heterocycles. The first-order valence-electron chi connectivity index (χ1n) is 7.04. The summed E-state index contributed by atoms with van der Waals surface area (Å²) in [5.74, 6) is -1.16. The maximum absolute atomic E-state index is 12.9. The number of alkyl halides is 3. The van der Waals surface area contributed by atoms with Crippen molar-refractivity contribution in [2.24, 2.45) is 5.92 Å². The van der Waals surface area contributed by atoms with E-state index in [4.69, 9.17) is 0 Å². The first kappa shape index (κ1) is 14.4. The highest BCUT2D eigenvalue weighted by Crippen LogP contribution is 2.41. The van der Waals surface area contributed by atoms with Crippen molar-refractivity contribution in [3.05, 3.63) is 33.8 Å². The molecule has 1 aliphatic carbocycles. The van der Waals surface area contributed by atoms with Gasteiger partial charge >= 0.3 is 6.18 Å². The van der Waals surface area contributed by atoms with Crippen molar-refractivity contribution < 1.29 is 13.2 Å². The van der Waals surface area contributed by atoms with Crippen LogP contribution in [0.15, 0.2) is 22.7 Å². The van der Waals surface area contributed by atoms with Crippen molar-refractivity contribution >= 4 is 15.9 Å². The van der Waals surface area contributed by atoms with Crippen LogP contribution in [0.3, 0.4) is 0 Å². The van der Waals surface area contributed by atoms with Gasteiger partial charge in [0.1, 0.15) is 0 Å². The van der Waals surface area contributed by atoms with E-state index in [0.717, 1.165) is 23.9 Å². The second kappa shape index (κ2) is 5.34. The van der Waals surface area contributed by atoms with Crippen LogP contribution < -0.4 is 0 Å². The van der Waals surface area contributed by atoms with Crippen LogP contribution in [0.2, 0.25) is 0 Å². The van der Waals surface area contributed by atoms with Crippen molar-refractivity contribution in [2.45, 2.75) is 37.9 Å². The van der Waals surface area contributed by atoms with Gasteiger partial charge in [0.05, 0.1) is 5.92 Å². The van der Waals surface area contributed by atoms with Gasteiger partial charge in [-0.05, 0) is 55.5 Å². The van der Waals surface area contributed by atoms with Gasteiger partial charge in [-0.3, -0.25) is 4.90 Å². The second-order valence-electron chi connectivity index (χ2n) is 5.77. The van der Waals surface area contributed by atoms with E-state index in [2.05, 4.69) is 28.1 Å². The van der Waals surface area contributed by atoms with Gasteiger partial charge in [-0.2, -0.15) is 13.2 Å². The molecule has 0 spiro atoms. The molecule has 0 saturated carbocycles. The third-order valence-electron chi connectivity index (χ3n) is 4.51. The molecule has 0 radical (unpaired) electrons. The topological polar surface area (TPSA) is 3.24 Å². The van der Waals surface area contributed by atoms with E-state index < -0.39 is 12.1 Å². The number of benzene rings is 1. The fourth-order valence-corrected chi connectivity index (χ4v) is 3.91. The Labute approximate surface area is 125 Å². The second-order valence-corrected chi connectivity index (χ2v) is 6.69. The number of hydrogen-bond acceptors (Lipinski definition) is 1. The molecule has 1 heterocycles. The Morgan fingerprint density at radius 1 is 1.20 bits per heavy atom. The lowest BCUT2D eigenvalue weighted by atomic mass is 9.95. The number of likely N-dealkylation sites (tertiary alicyclic amines) is 1. The third-order valence-corrected chi connectivity index (χ3v) is 5.00. The summed E-state index contributed by atoms with van der Waals surface area (Å²) in [6.07, 6.45) is -1.23. The predicted molar refractivity (Wildman–Crippen MR) is 75.6 cm³/mol. The van der Waals surface area contributed by atoms with Gasteiger partial charge in [-0.15, -0.1) is 0 Å². The number of nitrogens with zero attached hydrogens (tertiary/aromatic N) is 1. The van der Waals surface area contributed by atoms with Crippen molar-refractivity contribution in [3.63, 3.8) is 0 Å². The smallest absolute Gasteiger partial charge is 0.296 e. The van der Waals surface area contributed by atoms with Crippen LogP contribution in [-0.4, -0.2) is 24.2 Å². The molecule has 1 aromatic rings. The van der Waals surface area contributed by atoms with E-state index in [1.165, 1.54) is 11.1 Å². The summed E-state index contributed by atoms with van der Waals surface area (Å²) < 4.78 is 39.8. The molecule has 1 saturated heterocycles. The zero-order chi connectivity index (χ0) is 14.3. The fraction of sp³-hybridized carbons (Fsp3) is 0.600. The highest BCUT2D eigenvalue weighted by atomic mass is 79.9. The molecule has 110 valence electrons. The van der Waals surface area contributed by atoms with Crippen LogP contribution in [-0.2, 0) is 6.42 Å². The Morgan fingerprint density at radius 2 is 2.00 bits per heavy atom. The van der Waals surface area contributed by atoms with Crippen molar-refractivity contribution in [1.29, 1.82) is 0 Å². The fourth-order valence-electron chi connectivity index (χ4n) is 3.50. The van der Waals surface area contributed by atoms with E-state index in [0.29, 0.717) is 6.42 Å². The molecule has 1 aromatic carbocycles. The first-order chi connectivity index (χ1) is 9.45. The third kappa shape index (κ3) is 2.75. The van der Waals surface area contributed by atoms with E-state index in [9.17, 15) is 13.2 Å². The first-order valence-corrected chi connectivity index (χ1v) is 7.83. The van der Waals surface area contributed by atoms with Gasteiger partial charge in [-0.25, -0.2) is 0 Å². The van der Waals surface area contributed by atoms with Crippen molar-refractivity contribution in [1.82, 2.24) is 4.90 Å². The highest BCUT2D eigenvalue weighted by Gasteiger charge is 2.43. The summed E-state index contributed by atoms with van der Waals surface area (Å²) in [6.45, 7) is 0.941. The van der Waals surface area contributed by atoms with E-state index in [1.807, 2.05) is 11.0 Å². The molecule has 0 amide bonds. The minimum Gasteiger partial charge on any atom is -0.296 e. The Bertz CT molecular complexity index is 500. The summed E-state index contributed by atoms with van der Waals surface area (Å²) in [4.78, 5) is 2.04. The number of aryl methyl sites for hydroxylation is 1. The minimum absolute atomic E-state index is 0.156. The summed E-state index contributed by atoms with van der Waals surface area (Å²) in [6, 6.07) is 6.32. The van der Waals surface area contributed by atoms with Crippen LogP contribution in [0.5, 0.6) is 0 Å². The average Bonchev–Trinajstić information content (AvgIpc) is 2.80. The molecule has 1 aliphatic heterocycles. The zero-order valence-corrected chi connectivity index (χ0v) is 12.7. The lowest BCUT2D eigenvalue weighted by molar-refractivity contribution is -0.188. The minimum atomic E-state index is -4.06. The van der Waals surface area contributed by atoms with Crippen LogP contribution in [0.1, 0.15) is 36.4 Å². The Kier molecular flexibility index (Phi) is 3.84. The summed E-state index contributed by atoms with van der Waals surface area (Å²) in [7, 11) is 0. The molecule has 0 N–H and O–H groups in total. The summed E-state index contributed by atoms with van der Waals surface area (Å²) in [5, 5.41) is 0. The molecule has 5 heteroatoms. The van der Waals surface area contributed by atoms with Crippen LogP contribution >= 0.6 is 15.9 Å². The van der Waals surface area contributed by atoms with Crippen LogP contribution in [0.4, 0.5) is 13.2 Å². The van der Waals surface area contributed by atoms with Crippen molar-refractivity contribution in [2.75, 3.05) is 13.1 Å². The van der Waals surface area contributed by atoms with E-state index in [1.54, 1.807) is 0 Å². The number of piperidine rings is 1. The number of fused-ring (bicyclic) bond motifs is 1. The molecule has 0 bridgehead atoms. The quantitative estimate of drug-likeness (QED) is 0.710. The number of halogens is 4. The van der Waals surface area contributed by atoms with Gasteiger partial charge in [-0.1, -0.05) is 22.0 Å². The molecule has 2 atom stereocenters. The van der Waals surface area contributed by atoms with Gasteiger partial charge in [0, 0.05) is 17.1 Å². The molecular formula is C15H17BrF3N. The normalized spacial score (nSPS) is 27.6. The summed E-state index contributed by atoms with van der Waals surface area (Å²) in [5.41, 5.74) is 2.49. The number of rotatable bonds is 1. The number of hydrogen-bond donors (Lipinski definition) is 0. The summed E-state index contributed by atoms with van der Waals surface area (Å²) >= 11 is 3.45. The van der Waals surface area contributed by atoms with Gasteiger partial charge in [0.15, 0.2) is 0 Å². The average molecular weight is 348 g/mol. The lowest BCUT2D eigenvalue weighted by Gasteiger charge is -2.37. The van der Waals surface area contributed by atoms with Crippen LogP contribution in [0, 0.1) is 5.92 Å². The molecule has 1 nitrogen and oxygen atoms in total. The van der Waals surface area contributed by atoms with Gasteiger partial charge in [0.2, 0.25) is 0 Å². The maximum atomic E-state index is 12.9. The Balaban J connectivity index is 1.78. The van der Waals surface area contributed by atoms with E-state index in [-0.39, 0.29) is 19.0 Å². The molecule has 2 unspecified atom stereocenters. The highest BCUT2D eigenvalue weighted by molar-refractivity contribution is 9.10. The van der Waals surface area contributed by atoms with Gasteiger partial charge in [0.25, 0.3) is 0 Å². The van der Waals surface area contributed by atoms with E-state index >= 15 is 0 Å². The monoisotopic (exact) mass is 347 g/mol. The molecule has 1 fully saturated rings. The zero-order valence-electron chi connectivity index (χ0n) is 11.1. The standard InChI is InChI=1S/C15H17BrF3N/c16-12-4-5-13-10(8-12)3-6-14(13)20-7-1-2-11(9-20)15(17,18)19/h4-5,8,11,14H,1-3,6-7,9H2. The SMILES string of the molecule is FC(F)(F)C1CCCN(C2CCc3cc(Br)ccc32)C1. The van der Waals surface area contributed by atoms with Crippen molar-refractivity contribution in [3.8, 4) is 0 Å². The maximum Gasteiger partial charge on any atom is 0.393 e. The largest absolute Gasteiger partial charge is 0.393 e. The predicted octanol–water partition coefficient (Wildman–Crippen LogP) is 4.71. The Hall–Kier alpha value is -0.550. The van der Waals surface area contributed by atoms with Crippen LogP contribution in [0.25, 0.3) is 0 Å². The molecule has 20 heavy (non-hydrogen) atoms. The molecule has 3 rings (SSSR count). The molecule has 2 aliphatic rings. The molecular weight excluding hydrogens is 331 g/mol.